The molecule has 1 heterocycles. The first-order chi connectivity index (χ1) is 8.13. The summed E-state index contributed by atoms with van der Waals surface area (Å²) in [6, 6.07) is 5.84. The highest BCUT2D eigenvalue weighted by Gasteiger charge is 2.14. The van der Waals surface area contributed by atoms with Crippen LogP contribution in [0.2, 0.25) is 0 Å². The van der Waals surface area contributed by atoms with Crippen molar-refractivity contribution in [3.63, 3.8) is 0 Å². The number of benzene rings is 1. The molecule has 0 aliphatic rings. The molecular weight excluding hydrogens is 214 g/mol. The van der Waals surface area contributed by atoms with Gasteiger partial charge in [0.2, 0.25) is 0 Å². The molecule has 3 nitrogen and oxygen atoms in total. The number of aromatic amines is 1. The van der Waals surface area contributed by atoms with E-state index in [4.69, 9.17) is 4.74 Å². The SMILES string of the molecule is COc1cccc2[nH]cc(CC(=O)C(C)C)c12. The third-order valence-electron chi connectivity index (χ3n) is 2.98. The van der Waals surface area contributed by atoms with Crippen LogP contribution in [-0.4, -0.2) is 17.9 Å². The molecule has 0 spiro atoms. The largest absolute Gasteiger partial charge is 0.496 e. The van der Waals surface area contributed by atoms with Crippen LogP contribution in [0.4, 0.5) is 0 Å². The van der Waals surface area contributed by atoms with E-state index < -0.39 is 0 Å². The number of carbonyl (C=O) groups excluding carboxylic acids is 1. The monoisotopic (exact) mass is 231 g/mol. The number of aromatic nitrogens is 1. The standard InChI is InChI=1S/C14H17NO2/c1-9(2)12(16)7-10-8-15-11-5-4-6-13(17-3)14(10)11/h4-6,8-9,15H,7H2,1-3H3. The maximum absolute atomic E-state index is 11.8. The van der Waals surface area contributed by atoms with E-state index in [0.717, 1.165) is 22.2 Å². The quantitative estimate of drug-likeness (QED) is 0.879. The third kappa shape index (κ3) is 2.18. The predicted octanol–water partition coefficient (Wildman–Crippen LogP) is 2.94. The lowest BCUT2D eigenvalue weighted by molar-refractivity contribution is -0.121. The molecule has 0 saturated carbocycles. The minimum atomic E-state index is 0.0645. The van der Waals surface area contributed by atoms with Crippen LogP contribution < -0.4 is 4.74 Å². The molecule has 0 fully saturated rings. The zero-order chi connectivity index (χ0) is 12.4. The van der Waals surface area contributed by atoms with Crippen LogP contribution >= 0.6 is 0 Å². The van der Waals surface area contributed by atoms with Crippen LogP contribution in [0, 0.1) is 5.92 Å². The van der Waals surface area contributed by atoms with Gasteiger partial charge in [-0.25, -0.2) is 0 Å². The fourth-order valence-electron chi connectivity index (χ4n) is 1.92. The number of Topliss-reactive ketones (excluding diaryl/α,β-unsaturated/α-hetero) is 1. The van der Waals surface area contributed by atoms with Gasteiger partial charge in [-0.15, -0.1) is 0 Å². The van der Waals surface area contributed by atoms with Gasteiger partial charge in [0.1, 0.15) is 11.5 Å². The zero-order valence-corrected chi connectivity index (χ0v) is 10.4. The average molecular weight is 231 g/mol. The van der Waals surface area contributed by atoms with Crippen LogP contribution in [0.15, 0.2) is 24.4 Å². The molecule has 3 heteroatoms. The molecule has 2 aromatic rings. The summed E-state index contributed by atoms with van der Waals surface area (Å²) in [4.78, 5) is 15.0. The van der Waals surface area contributed by atoms with Crippen LogP contribution in [0.25, 0.3) is 10.9 Å². The van der Waals surface area contributed by atoms with E-state index >= 15 is 0 Å². The fourth-order valence-corrected chi connectivity index (χ4v) is 1.92. The highest BCUT2D eigenvalue weighted by atomic mass is 16.5. The minimum absolute atomic E-state index is 0.0645. The number of methoxy groups -OCH3 is 1. The smallest absolute Gasteiger partial charge is 0.139 e. The van der Waals surface area contributed by atoms with E-state index in [0.29, 0.717) is 6.42 Å². The van der Waals surface area contributed by atoms with Gasteiger partial charge in [-0.05, 0) is 17.7 Å². The lowest BCUT2D eigenvalue weighted by Crippen LogP contribution is -2.09. The first-order valence-electron chi connectivity index (χ1n) is 5.79. The van der Waals surface area contributed by atoms with Crippen molar-refractivity contribution >= 4 is 16.7 Å². The van der Waals surface area contributed by atoms with E-state index in [-0.39, 0.29) is 11.7 Å². The van der Waals surface area contributed by atoms with Crippen LogP contribution in [-0.2, 0) is 11.2 Å². The Balaban J connectivity index is 2.44. The van der Waals surface area contributed by atoms with Gasteiger partial charge in [0, 0.05) is 29.4 Å². The van der Waals surface area contributed by atoms with Gasteiger partial charge in [0.05, 0.1) is 7.11 Å². The summed E-state index contributed by atoms with van der Waals surface area (Å²) >= 11 is 0. The van der Waals surface area contributed by atoms with Crippen molar-refractivity contribution in [2.45, 2.75) is 20.3 Å². The second-order valence-electron chi connectivity index (χ2n) is 4.49. The number of rotatable bonds is 4. The maximum Gasteiger partial charge on any atom is 0.139 e. The maximum atomic E-state index is 11.8. The van der Waals surface area contributed by atoms with Gasteiger partial charge < -0.3 is 9.72 Å². The van der Waals surface area contributed by atoms with Crippen molar-refractivity contribution < 1.29 is 9.53 Å². The number of H-pyrrole nitrogens is 1. The molecule has 0 aliphatic carbocycles. The summed E-state index contributed by atoms with van der Waals surface area (Å²) in [6.07, 6.45) is 2.35. The third-order valence-corrected chi connectivity index (χ3v) is 2.98. The van der Waals surface area contributed by atoms with Gasteiger partial charge in [-0.1, -0.05) is 19.9 Å². The molecule has 0 unspecified atom stereocenters. The van der Waals surface area contributed by atoms with Crippen molar-refractivity contribution in [3.05, 3.63) is 30.0 Å². The van der Waals surface area contributed by atoms with Crippen LogP contribution in [0.5, 0.6) is 5.75 Å². The summed E-state index contributed by atoms with van der Waals surface area (Å²) < 4.78 is 5.34. The Bertz CT molecular complexity index is 540. The van der Waals surface area contributed by atoms with E-state index in [2.05, 4.69) is 4.98 Å². The van der Waals surface area contributed by atoms with Crippen molar-refractivity contribution in [1.29, 1.82) is 0 Å². The van der Waals surface area contributed by atoms with E-state index in [9.17, 15) is 4.79 Å². The Labute approximate surface area is 101 Å². The summed E-state index contributed by atoms with van der Waals surface area (Å²) in [6.45, 7) is 3.85. The Morgan fingerprint density at radius 1 is 1.41 bits per heavy atom. The second-order valence-corrected chi connectivity index (χ2v) is 4.49. The number of hydrogen-bond acceptors (Lipinski definition) is 2. The van der Waals surface area contributed by atoms with E-state index in [1.54, 1.807) is 7.11 Å². The Hall–Kier alpha value is -1.77. The summed E-state index contributed by atoms with van der Waals surface area (Å²) in [7, 11) is 1.65. The molecule has 0 aliphatic heterocycles. The molecule has 0 saturated heterocycles. The summed E-state index contributed by atoms with van der Waals surface area (Å²) in [5.41, 5.74) is 2.02. The van der Waals surface area contributed by atoms with Gasteiger partial charge in [-0.2, -0.15) is 0 Å². The normalized spacial score (nSPS) is 11.1. The minimum Gasteiger partial charge on any atom is -0.496 e. The van der Waals surface area contributed by atoms with Crippen molar-refractivity contribution in [2.75, 3.05) is 7.11 Å². The molecular formula is C14H17NO2. The molecule has 0 amide bonds. The van der Waals surface area contributed by atoms with Gasteiger partial charge >= 0.3 is 0 Å². The van der Waals surface area contributed by atoms with Crippen molar-refractivity contribution in [2.24, 2.45) is 5.92 Å². The topological polar surface area (TPSA) is 42.1 Å². The van der Waals surface area contributed by atoms with Gasteiger partial charge in [-0.3, -0.25) is 4.79 Å². The zero-order valence-electron chi connectivity index (χ0n) is 10.4. The fraction of sp³-hybridized carbons (Fsp3) is 0.357. The van der Waals surface area contributed by atoms with Crippen LogP contribution in [0.1, 0.15) is 19.4 Å². The Morgan fingerprint density at radius 3 is 2.82 bits per heavy atom. The number of ketones is 1. The van der Waals surface area contributed by atoms with Crippen LogP contribution in [0.3, 0.4) is 0 Å². The lowest BCUT2D eigenvalue weighted by atomic mass is 10.0. The highest BCUT2D eigenvalue weighted by molar-refractivity contribution is 5.94. The second kappa shape index (κ2) is 4.62. The Morgan fingerprint density at radius 2 is 2.18 bits per heavy atom. The molecule has 2 rings (SSSR count). The molecule has 1 aromatic carbocycles. The molecule has 17 heavy (non-hydrogen) atoms. The average Bonchev–Trinajstić information content (AvgIpc) is 2.72. The number of ether oxygens (including phenoxy) is 1. The van der Waals surface area contributed by atoms with Crippen molar-refractivity contribution in [1.82, 2.24) is 4.98 Å². The Kier molecular flexibility index (Phi) is 3.18. The number of carbonyl (C=O) groups is 1. The molecule has 0 atom stereocenters. The summed E-state index contributed by atoms with van der Waals surface area (Å²) in [5, 5.41) is 1.02. The number of fused-ring (bicyclic) bond motifs is 1. The van der Waals surface area contributed by atoms with E-state index in [1.807, 2.05) is 38.2 Å². The highest BCUT2D eigenvalue weighted by Crippen LogP contribution is 2.29. The lowest BCUT2D eigenvalue weighted by Gasteiger charge is -2.06. The van der Waals surface area contributed by atoms with E-state index in [1.165, 1.54) is 0 Å². The molecule has 0 bridgehead atoms. The molecule has 1 aromatic heterocycles. The predicted molar refractivity (Wildman–Crippen MR) is 68.4 cm³/mol. The van der Waals surface area contributed by atoms with Gasteiger partial charge in [0.25, 0.3) is 0 Å². The first-order valence-corrected chi connectivity index (χ1v) is 5.79. The molecule has 1 N–H and O–H groups in total. The first kappa shape index (κ1) is 11.7. The van der Waals surface area contributed by atoms with Crippen molar-refractivity contribution in [3.8, 4) is 5.75 Å². The summed E-state index contributed by atoms with van der Waals surface area (Å²) in [5.74, 6) is 1.13. The number of nitrogens with one attached hydrogen (secondary N) is 1. The number of hydrogen-bond donors (Lipinski definition) is 1. The van der Waals surface area contributed by atoms with Gasteiger partial charge in [0.15, 0.2) is 0 Å². The molecule has 90 valence electrons. The molecule has 0 radical (unpaired) electrons.